The Morgan fingerprint density at radius 2 is 2.00 bits per heavy atom. The molecule has 1 aliphatic carbocycles. The van der Waals surface area contributed by atoms with Crippen LogP contribution in [0.2, 0.25) is 0 Å². The number of epoxide rings is 1. The van der Waals surface area contributed by atoms with E-state index in [-0.39, 0.29) is 11.7 Å². The Labute approximate surface area is 112 Å². The lowest BCUT2D eigenvalue weighted by atomic mass is 9.61. The van der Waals surface area contributed by atoms with E-state index in [1.807, 2.05) is 0 Å². The maximum atomic E-state index is 11.3. The molecular formula is C16H30O2. The molecule has 0 spiro atoms. The van der Waals surface area contributed by atoms with Crippen LogP contribution in [0, 0.1) is 17.8 Å². The van der Waals surface area contributed by atoms with Gasteiger partial charge in [-0.1, -0.05) is 40.5 Å². The van der Waals surface area contributed by atoms with Crippen LogP contribution in [0.25, 0.3) is 0 Å². The van der Waals surface area contributed by atoms with E-state index in [1.54, 1.807) is 0 Å². The van der Waals surface area contributed by atoms with Gasteiger partial charge in [0.15, 0.2) is 0 Å². The topological polar surface area (TPSA) is 32.8 Å². The quantitative estimate of drug-likeness (QED) is 0.775. The van der Waals surface area contributed by atoms with Crippen molar-refractivity contribution in [3.8, 4) is 0 Å². The molecule has 18 heavy (non-hydrogen) atoms. The number of aliphatic hydroxyl groups is 1. The van der Waals surface area contributed by atoms with Crippen molar-refractivity contribution in [1.82, 2.24) is 0 Å². The molecule has 1 saturated carbocycles. The monoisotopic (exact) mass is 254 g/mol. The van der Waals surface area contributed by atoms with Crippen molar-refractivity contribution in [2.75, 3.05) is 0 Å². The molecule has 2 nitrogen and oxygen atoms in total. The highest BCUT2D eigenvalue weighted by Gasteiger charge is 2.68. The van der Waals surface area contributed by atoms with Crippen molar-refractivity contribution in [3.63, 3.8) is 0 Å². The molecular weight excluding hydrogens is 224 g/mol. The van der Waals surface area contributed by atoms with Crippen molar-refractivity contribution in [2.45, 2.75) is 84.0 Å². The predicted octanol–water partition coefficient (Wildman–Crippen LogP) is 3.77. The summed E-state index contributed by atoms with van der Waals surface area (Å²) >= 11 is 0. The number of hydrogen-bond acceptors (Lipinski definition) is 2. The van der Waals surface area contributed by atoms with Crippen molar-refractivity contribution < 1.29 is 9.84 Å². The highest BCUT2D eigenvalue weighted by molar-refractivity contribution is 5.16. The zero-order valence-electron chi connectivity index (χ0n) is 12.7. The fourth-order valence-corrected chi connectivity index (χ4v) is 4.18. The Bertz CT molecular complexity index is 301. The van der Waals surface area contributed by atoms with Gasteiger partial charge in [-0.05, 0) is 43.9 Å². The van der Waals surface area contributed by atoms with Gasteiger partial charge in [-0.25, -0.2) is 0 Å². The Morgan fingerprint density at radius 1 is 1.33 bits per heavy atom. The molecule has 2 aliphatic rings. The SMILES string of the molecule is CCC[C@@H]1O[C@@]1(C)C1(O)CC(C)CCC1C(C)C. The van der Waals surface area contributed by atoms with Gasteiger partial charge < -0.3 is 9.84 Å². The van der Waals surface area contributed by atoms with Gasteiger partial charge in [0, 0.05) is 0 Å². The first kappa shape index (κ1) is 14.3. The van der Waals surface area contributed by atoms with Gasteiger partial charge in [-0.2, -0.15) is 0 Å². The van der Waals surface area contributed by atoms with Crippen LogP contribution in [-0.2, 0) is 4.74 Å². The third-order valence-electron chi connectivity index (χ3n) is 5.40. The summed E-state index contributed by atoms with van der Waals surface area (Å²) < 4.78 is 5.97. The summed E-state index contributed by atoms with van der Waals surface area (Å²) in [4.78, 5) is 0. The molecule has 5 atom stereocenters. The van der Waals surface area contributed by atoms with Crippen LogP contribution in [-0.4, -0.2) is 22.4 Å². The molecule has 0 aromatic heterocycles. The maximum Gasteiger partial charge on any atom is 0.121 e. The zero-order valence-corrected chi connectivity index (χ0v) is 12.7. The van der Waals surface area contributed by atoms with Crippen molar-refractivity contribution in [3.05, 3.63) is 0 Å². The molecule has 106 valence electrons. The van der Waals surface area contributed by atoms with Crippen LogP contribution >= 0.6 is 0 Å². The first-order valence-electron chi connectivity index (χ1n) is 7.75. The summed E-state index contributed by atoms with van der Waals surface area (Å²) in [6.07, 6.45) is 5.80. The standard InChI is InChI=1S/C16H30O2/c1-6-7-14-15(5,18-14)16(17)10-12(4)8-9-13(16)11(2)3/h11-14,17H,6-10H2,1-5H3/t12?,13?,14-,15+,16?/m0/s1. The summed E-state index contributed by atoms with van der Waals surface area (Å²) in [6.45, 7) is 11.1. The van der Waals surface area contributed by atoms with Gasteiger partial charge in [0.1, 0.15) is 5.60 Å². The second-order valence-corrected chi connectivity index (χ2v) is 7.16. The summed E-state index contributed by atoms with van der Waals surface area (Å²) in [6, 6.07) is 0. The van der Waals surface area contributed by atoms with E-state index >= 15 is 0 Å². The Kier molecular flexibility index (Phi) is 3.81. The lowest BCUT2D eigenvalue weighted by Crippen LogP contribution is -2.56. The van der Waals surface area contributed by atoms with Crippen LogP contribution in [0.4, 0.5) is 0 Å². The van der Waals surface area contributed by atoms with Crippen LogP contribution in [0.1, 0.15) is 66.7 Å². The molecule has 1 aliphatic heterocycles. The first-order valence-corrected chi connectivity index (χ1v) is 7.75. The number of rotatable bonds is 4. The van der Waals surface area contributed by atoms with E-state index < -0.39 is 5.60 Å². The lowest BCUT2D eigenvalue weighted by molar-refractivity contribution is -0.127. The summed E-state index contributed by atoms with van der Waals surface area (Å²) in [5, 5.41) is 11.3. The van der Waals surface area contributed by atoms with Gasteiger partial charge in [0.05, 0.1) is 11.7 Å². The molecule has 1 heterocycles. The maximum absolute atomic E-state index is 11.3. The molecule has 2 fully saturated rings. The fraction of sp³-hybridized carbons (Fsp3) is 1.00. The molecule has 0 aromatic rings. The Hall–Kier alpha value is -0.0800. The molecule has 1 N–H and O–H groups in total. The minimum absolute atomic E-state index is 0.277. The lowest BCUT2D eigenvalue weighted by Gasteiger charge is -2.47. The first-order chi connectivity index (χ1) is 8.35. The van der Waals surface area contributed by atoms with Crippen LogP contribution in [0.5, 0.6) is 0 Å². The Morgan fingerprint density at radius 3 is 2.56 bits per heavy atom. The van der Waals surface area contributed by atoms with E-state index in [0.29, 0.717) is 17.8 Å². The fourth-order valence-electron chi connectivity index (χ4n) is 4.18. The van der Waals surface area contributed by atoms with Gasteiger partial charge in [-0.3, -0.25) is 0 Å². The zero-order chi connectivity index (χ0) is 13.6. The minimum Gasteiger partial charge on any atom is -0.386 e. The van der Waals surface area contributed by atoms with Gasteiger partial charge in [-0.15, -0.1) is 0 Å². The van der Waals surface area contributed by atoms with Gasteiger partial charge in [0.2, 0.25) is 0 Å². The molecule has 2 heteroatoms. The van der Waals surface area contributed by atoms with Crippen LogP contribution < -0.4 is 0 Å². The number of ether oxygens (including phenoxy) is 1. The smallest absolute Gasteiger partial charge is 0.121 e. The Balaban J connectivity index is 2.20. The third kappa shape index (κ3) is 2.12. The summed E-state index contributed by atoms with van der Waals surface area (Å²) in [5.41, 5.74) is -0.898. The summed E-state index contributed by atoms with van der Waals surface area (Å²) in [5.74, 6) is 1.54. The number of hydrogen-bond donors (Lipinski definition) is 1. The molecule has 3 unspecified atom stereocenters. The van der Waals surface area contributed by atoms with E-state index in [1.165, 1.54) is 6.42 Å². The highest BCUT2D eigenvalue weighted by Crippen LogP contribution is 2.57. The molecule has 2 rings (SSSR count). The minimum atomic E-state index is -0.612. The van der Waals surface area contributed by atoms with Gasteiger partial charge in [0.25, 0.3) is 0 Å². The van der Waals surface area contributed by atoms with Gasteiger partial charge >= 0.3 is 0 Å². The largest absolute Gasteiger partial charge is 0.386 e. The van der Waals surface area contributed by atoms with Crippen molar-refractivity contribution >= 4 is 0 Å². The van der Waals surface area contributed by atoms with Crippen LogP contribution in [0.15, 0.2) is 0 Å². The second-order valence-electron chi connectivity index (χ2n) is 7.16. The summed E-state index contributed by atoms with van der Waals surface area (Å²) in [7, 11) is 0. The second kappa shape index (κ2) is 4.79. The van der Waals surface area contributed by atoms with E-state index in [9.17, 15) is 5.11 Å². The normalized spacial score (nSPS) is 48.5. The molecule has 0 bridgehead atoms. The average molecular weight is 254 g/mol. The molecule has 0 radical (unpaired) electrons. The molecule has 1 saturated heterocycles. The van der Waals surface area contributed by atoms with Crippen molar-refractivity contribution in [1.29, 1.82) is 0 Å². The highest BCUT2D eigenvalue weighted by atomic mass is 16.6. The molecule has 0 amide bonds. The van der Waals surface area contributed by atoms with E-state index in [4.69, 9.17) is 4.74 Å². The van der Waals surface area contributed by atoms with Crippen LogP contribution in [0.3, 0.4) is 0 Å². The van der Waals surface area contributed by atoms with E-state index in [2.05, 4.69) is 34.6 Å². The molecule has 0 aromatic carbocycles. The van der Waals surface area contributed by atoms with Crippen molar-refractivity contribution in [2.24, 2.45) is 17.8 Å². The van der Waals surface area contributed by atoms with E-state index in [0.717, 1.165) is 25.7 Å². The average Bonchev–Trinajstić information content (AvgIpc) is 2.91. The third-order valence-corrected chi connectivity index (χ3v) is 5.40. The predicted molar refractivity (Wildman–Crippen MR) is 74.5 cm³/mol.